The van der Waals surface area contributed by atoms with Crippen molar-refractivity contribution >= 4 is 15.9 Å². The first-order valence-corrected chi connectivity index (χ1v) is 8.32. The lowest BCUT2D eigenvalue weighted by Gasteiger charge is -2.15. The van der Waals surface area contributed by atoms with Crippen molar-refractivity contribution < 1.29 is 5.11 Å². The number of rotatable bonds is 6. The SMILES string of the molecule is CC(C)c1ccc(CC(CO)Cc2ccc(Br)cc2)cc1. The molecule has 2 rings (SSSR count). The van der Waals surface area contributed by atoms with Gasteiger partial charge in [0.2, 0.25) is 0 Å². The van der Waals surface area contributed by atoms with Crippen molar-refractivity contribution in [3.8, 4) is 0 Å². The molecule has 1 N–H and O–H groups in total. The lowest BCUT2D eigenvalue weighted by atomic mass is 9.92. The third kappa shape index (κ3) is 4.98. The zero-order valence-electron chi connectivity index (χ0n) is 12.7. The molecule has 1 unspecified atom stereocenters. The number of hydrogen-bond acceptors (Lipinski definition) is 1. The highest BCUT2D eigenvalue weighted by Crippen LogP contribution is 2.19. The van der Waals surface area contributed by atoms with E-state index in [9.17, 15) is 5.11 Å². The second-order valence-corrected chi connectivity index (χ2v) is 6.90. The molecule has 0 aliphatic carbocycles. The molecular weight excluding hydrogens is 324 g/mol. The Labute approximate surface area is 136 Å². The van der Waals surface area contributed by atoms with E-state index in [1.807, 2.05) is 0 Å². The molecule has 0 saturated carbocycles. The summed E-state index contributed by atoms with van der Waals surface area (Å²) in [7, 11) is 0. The molecule has 0 aliphatic heterocycles. The van der Waals surface area contributed by atoms with Gasteiger partial charge in [-0.05, 0) is 53.5 Å². The second-order valence-electron chi connectivity index (χ2n) is 5.98. The molecule has 21 heavy (non-hydrogen) atoms. The van der Waals surface area contributed by atoms with E-state index in [-0.39, 0.29) is 12.5 Å². The summed E-state index contributed by atoms with van der Waals surface area (Å²) in [6.07, 6.45) is 1.83. The van der Waals surface area contributed by atoms with Crippen LogP contribution in [0.4, 0.5) is 0 Å². The minimum absolute atomic E-state index is 0.224. The van der Waals surface area contributed by atoms with Crippen LogP contribution < -0.4 is 0 Å². The number of benzene rings is 2. The number of aliphatic hydroxyl groups is 1. The molecule has 0 aromatic heterocycles. The topological polar surface area (TPSA) is 20.2 Å². The standard InChI is InChI=1S/C19H23BrO/c1-14(2)18-7-3-15(4-8-18)11-17(13-21)12-16-5-9-19(20)10-6-16/h3-10,14,17,21H,11-13H2,1-2H3. The van der Waals surface area contributed by atoms with Crippen LogP contribution in [0, 0.1) is 5.92 Å². The number of aliphatic hydroxyl groups excluding tert-OH is 1. The molecule has 1 nitrogen and oxygen atoms in total. The van der Waals surface area contributed by atoms with Gasteiger partial charge in [0.15, 0.2) is 0 Å². The van der Waals surface area contributed by atoms with Crippen molar-refractivity contribution in [2.45, 2.75) is 32.6 Å². The Morgan fingerprint density at radius 2 is 1.33 bits per heavy atom. The predicted octanol–water partition coefficient (Wildman–Crippen LogP) is 4.97. The third-order valence-electron chi connectivity index (χ3n) is 3.87. The Morgan fingerprint density at radius 1 is 0.857 bits per heavy atom. The summed E-state index contributed by atoms with van der Waals surface area (Å²) in [6.45, 7) is 4.64. The maximum Gasteiger partial charge on any atom is 0.0465 e. The van der Waals surface area contributed by atoms with Gasteiger partial charge >= 0.3 is 0 Å². The molecule has 0 aliphatic rings. The zero-order chi connectivity index (χ0) is 15.2. The van der Waals surface area contributed by atoms with Gasteiger partial charge < -0.3 is 5.11 Å². The van der Waals surface area contributed by atoms with E-state index in [2.05, 4.69) is 78.3 Å². The van der Waals surface area contributed by atoms with Gasteiger partial charge in [0.25, 0.3) is 0 Å². The van der Waals surface area contributed by atoms with Crippen LogP contribution >= 0.6 is 15.9 Å². The molecule has 2 aromatic carbocycles. The van der Waals surface area contributed by atoms with Crippen molar-refractivity contribution in [3.05, 3.63) is 69.7 Å². The molecule has 0 amide bonds. The van der Waals surface area contributed by atoms with Gasteiger partial charge in [0.05, 0.1) is 0 Å². The summed E-state index contributed by atoms with van der Waals surface area (Å²) in [5.74, 6) is 0.839. The molecule has 2 heteroatoms. The van der Waals surface area contributed by atoms with Crippen LogP contribution in [-0.4, -0.2) is 11.7 Å². The summed E-state index contributed by atoms with van der Waals surface area (Å²) in [5, 5.41) is 9.64. The second kappa shape index (κ2) is 7.77. The predicted molar refractivity (Wildman–Crippen MR) is 92.7 cm³/mol. The van der Waals surface area contributed by atoms with Crippen LogP contribution in [0.2, 0.25) is 0 Å². The van der Waals surface area contributed by atoms with Crippen LogP contribution in [0.15, 0.2) is 53.0 Å². The molecule has 0 spiro atoms. The third-order valence-corrected chi connectivity index (χ3v) is 4.40. The Morgan fingerprint density at radius 3 is 1.76 bits per heavy atom. The van der Waals surface area contributed by atoms with Crippen LogP contribution in [0.3, 0.4) is 0 Å². The fourth-order valence-electron chi connectivity index (χ4n) is 2.53. The van der Waals surface area contributed by atoms with E-state index in [4.69, 9.17) is 0 Å². The lowest BCUT2D eigenvalue weighted by molar-refractivity contribution is 0.225. The monoisotopic (exact) mass is 346 g/mol. The maximum atomic E-state index is 9.64. The van der Waals surface area contributed by atoms with Gasteiger partial charge in [-0.1, -0.05) is 66.2 Å². The van der Waals surface area contributed by atoms with Crippen LogP contribution in [0.5, 0.6) is 0 Å². The smallest absolute Gasteiger partial charge is 0.0465 e. The molecule has 0 saturated heterocycles. The quantitative estimate of drug-likeness (QED) is 0.783. The van der Waals surface area contributed by atoms with E-state index < -0.39 is 0 Å². The van der Waals surface area contributed by atoms with Crippen LogP contribution in [-0.2, 0) is 12.8 Å². The van der Waals surface area contributed by atoms with Gasteiger partial charge in [-0.25, -0.2) is 0 Å². The molecule has 2 aromatic rings. The number of hydrogen-bond donors (Lipinski definition) is 1. The average Bonchev–Trinajstić information content (AvgIpc) is 2.49. The van der Waals surface area contributed by atoms with Gasteiger partial charge in [0, 0.05) is 11.1 Å². The first-order valence-electron chi connectivity index (χ1n) is 7.52. The number of halogens is 1. The summed E-state index contributed by atoms with van der Waals surface area (Å²) < 4.78 is 1.09. The van der Waals surface area contributed by atoms with Crippen molar-refractivity contribution in [3.63, 3.8) is 0 Å². The van der Waals surface area contributed by atoms with E-state index >= 15 is 0 Å². The van der Waals surface area contributed by atoms with Crippen molar-refractivity contribution in [2.24, 2.45) is 5.92 Å². The zero-order valence-corrected chi connectivity index (χ0v) is 14.3. The fraction of sp³-hybridized carbons (Fsp3) is 0.368. The minimum Gasteiger partial charge on any atom is -0.396 e. The van der Waals surface area contributed by atoms with Crippen molar-refractivity contribution in [2.75, 3.05) is 6.61 Å². The highest BCUT2D eigenvalue weighted by Gasteiger charge is 2.10. The molecular formula is C19H23BrO. The molecule has 0 fully saturated rings. The van der Waals surface area contributed by atoms with Gasteiger partial charge in [-0.3, -0.25) is 0 Å². The molecule has 112 valence electrons. The largest absolute Gasteiger partial charge is 0.396 e. The average molecular weight is 347 g/mol. The highest BCUT2D eigenvalue weighted by atomic mass is 79.9. The summed E-state index contributed by atoms with van der Waals surface area (Å²) >= 11 is 3.45. The maximum absolute atomic E-state index is 9.64. The Kier molecular flexibility index (Phi) is 6.01. The van der Waals surface area contributed by atoms with E-state index in [0.29, 0.717) is 5.92 Å². The van der Waals surface area contributed by atoms with Crippen molar-refractivity contribution in [1.82, 2.24) is 0 Å². The van der Waals surface area contributed by atoms with Crippen LogP contribution in [0.1, 0.15) is 36.5 Å². The summed E-state index contributed by atoms with van der Waals surface area (Å²) in [5.41, 5.74) is 3.94. The van der Waals surface area contributed by atoms with Gasteiger partial charge in [-0.2, -0.15) is 0 Å². The Hall–Kier alpha value is -1.12. The first kappa shape index (κ1) is 16.3. The van der Waals surface area contributed by atoms with E-state index in [0.717, 1.165) is 17.3 Å². The van der Waals surface area contributed by atoms with Crippen LogP contribution in [0.25, 0.3) is 0 Å². The minimum atomic E-state index is 0.224. The van der Waals surface area contributed by atoms with Crippen molar-refractivity contribution in [1.29, 1.82) is 0 Å². The fourth-order valence-corrected chi connectivity index (χ4v) is 2.79. The highest BCUT2D eigenvalue weighted by molar-refractivity contribution is 9.10. The normalized spacial score (nSPS) is 12.6. The Balaban J connectivity index is 1.99. The van der Waals surface area contributed by atoms with E-state index in [1.165, 1.54) is 16.7 Å². The molecule has 0 heterocycles. The molecule has 0 radical (unpaired) electrons. The summed E-state index contributed by atoms with van der Waals surface area (Å²) in [6, 6.07) is 17.1. The molecule has 0 bridgehead atoms. The Bertz CT molecular complexity index is 543. The first-order chi connectivity index (χ1) is 10.1. The van der Waals surface area contributed by atoms with E-state index in [1.54, 1.807) is 0 Å². The van der Waals surface area contributed by atoms with Gasteiger partial charge in [-0.15, -0.1) is 0 Å². The molecule has 1 atom stereocenters. The summed E-state index contributed by atoms with van der Waals surface area (Å²) in [4.78, 5) is 0. The van der Waals surface area contributed by atoms with Gasteiger partial charge in [0.1, 0.15) is 0 Å². The lowest BCUT2D eigenvalue weighted by Crippen LogP contribution is -2.13.